The molecule has 10 heteroatoms. The topological polar surface area (TPSA) is 113 Å². The number of hydrogen-bond donors (Lipinski definition) is 0. The van der Waals surface area contributed by atoms with Crippen molar-refractivity contribution in [1.29, 1.82) is 0 Å². The summed E-state index contributed by atoms with van der Waals surface area (Å²) in [5.74, 6) is -0.955. The molecule has 0 spiro atoms. The van der Waals surface area contributed by atoms with Crippen molar-refractivity contribution in [3.63, 3.8) is 0 Å². The van der Waals surface area contributed by atoms with Gasteiger partial charge in [-0.25, -0.2) is 4.79 Å². The Balaban J connectivity index is 1.73. The molecule has 0 aliphatic carbocycles. The van der Waals surface area contributed by atoms with Crippen LogP contribution in [0.4, 0.5) is 0 Å². The maximum atomic E-state index is 12.7. The first-order valence-electron chi connectivity index (χ1n) is 10.3. The monoisotopic (exact) mass is 504 g/mol. The van der Waals surface area contributed by atoms with Crippen LogP contribution in [-0.4, -0.2) is 35.5 Å². The summed E-state index contributed by atoms with van der Waals surface area (Å²) in [6.07, 6.45) is -1.98. The molecule has 0 N–H and O–H groups in total. The van der Waals surface area contributed by atoms with E-state index in [-0.39, 0.29) is 22.8 Å². The number of carbonyl (C=O) groups excluding carboxylic acids is 1. The molecular weight excluding hydrogens is 480 g/mol. The van der Waals surface area contributed by atoms with Crippen molar-refractivity contribution in [1.82, 2.24) is 0 Å². The summed E-state index contributed by atoms with van der Waals surface area (Å²) < 4.78 is 65.4. The van der Waals surface area contributed by atoms with E-state index >= 15 is 0 Å². The Morgan fingerprint density at radius 2 is 1.29 bits per heavy atom. The smallest absolute Gasteiger partial charge is 0.337 e. The second kappa shape index (κ2) is 11.4. The number of hydrogen-bond acceptors (Lipinski definition) is 8. The first-order chi connectivity index (χ1) is 16.2. The summed E-state index contributed by atoms with van der Waals surface area (Å²) in [6, 6.07) is 22.0. The summed E-state index contributed by atoms with van der Waals surface area (Å²) in [6.45, 7) is 1.25. The standard InChI is InChI=1S/C24H24O8S2/c1-19-10-8-9-11-20(19)18-30-24(25)23(32-34(28,29)22-14-6-3-7-15-22)16-17-31-33(26,27)21-12-4-2-5-13-21/h2-15,23H,16-18H2,1H3. The molecule has 3 aromatic rings. The van der Waals surface area contributed by atoms with Gasteiger partial charge in [0.2, 0.25) is 0 Å². The number of carbonyl (C=O) groups is 1. The number of benzene rings is 3. The quantitative estimate of drug-likeness (QED) is 0.287. The van der Waals surface area contributed by atoms with E-state index in [1.807, 2.05) is 19.1 Å². The highest BCUT2D eigenvalue weighted by Crippen LogP contribution is 2.19. The molecule has 3 aromatic carbocycles. The third-order valence-corrected chi connectivity index (χ3v) is 7.48. The van der Waals surface area contributed by atoms with Gasteiger partial charge < -0.3 is 4.74 Å². The van der Waals surface area contributed by atoms with Gasteiger partial charge in [-0.3, -0.25) is 8.37 Å². The highest BCUT2D eigenvalue weighted by atomic mass is 32.2. The van der Waals surface area contributed by atoms with Gasteiger partial charge in [0.1, 0.15) is 6.61 Å². The molecule has 0 aromatic heterocycles. The highest BCUT2D eigenvalue weighted by Gasteiger charge is 2.30. The van der Waals surface area contributed by atoms with Crippen LogP contribution in [0.3, 0.4) is 0 Å². The normalized spacial score (nSPS) is 12.7. The molecule has 0 bridgehead atoms. The average Bonchev–Trinajstić information content (AvgIpc) is 2.83. The van der Waals surface area contributed by atoms with Crippen molar-refractivity contribution < 1.29 is 34.7 Å². The molecule has 180 valence electrons. The van der Waals surface area contributed by atoms with Crippen LogP contribution in [0.5, 0.6) is 0 Å². The second-order valence-corrected chi connectivity index (χ2v) is 10.5. The predicted molar refractivity (Wildman–Crippen MR) is 124 cm³/mol. The minimum atomic E-state index is -4.32. The second-order valence-electron chi connectivity index (χ2n) is 7.26. The van der Waals surface area contributed by atoms with Crippen molar-refractivity contribution in [2.45, 2.75) is 35.8 Å². The molecule has 0 aliphatic heterocycles. The van der Waals surface area contributed by atoms with E-state index in [4.69, 9.17) is 13.1 Å². The number of rotatable bonds is 11. The van der Waals surface area contributed by atoms with Gasteiger partial charge in [0, 0.05) is 6.42 Å². The van der Waals surface area contributed by atoms with E-state index in [1.54, 1.807) is 24.3 Å². The Morgan fingerprint density at radius 3 is 1.88 bits per heavy atom. The van der Waals surface area contributed by atoms with Crippen molar-refractivity contribution >= 4 is 26.2 Å². The predicted octanol–water partition coefficient (Wildman–Crippen LogP) is 3.61. The SMILES string of the molecule is Cc1ccccc1COC(=O)C(CCOS(=O)(=O)c1ccccc1)OS(=O)(=O)c1ccccc1. The van der Waals surface area contributed by atoms with E-state index in [0.29, 0.717) is 0 Å². The van der Waals surface area contributed by atoms with E-state index in [0.717, 1.165) is 11.1 Å². The molecule has 0 fully saturated rings. The van der Waals surface area contributed by atoms with Gasteiger partial charge in [0.05, 0.1) is 16.4 Å². The van der Waals surface area contributed by atoms with Crippen LogP contribution < -0.4 is 0 Å². The van der Waals surface area contributed by atoms with Gasteiger partial charge in [-0.05, 0) is 42.3 Å². The first kappa shape index (κ1) is 25.6. The zero-order valence-corrected chi connectivity index (χ0v) is 20.0. The highest BCUT2D eigenvalue weighted by molar-refractivity contribution is 7.87. The Bertz CT molecular complexity index is 1310. The van der Waals surface area contributed by atoms with Gasteiger partial charge in [-0.15, -0.1) is 0 Å². The number of esters is 1. The van der Waals surface area contributed by atoms with Crippen LogP contribution in [-0.2, 0) is 44.7 Å². The van der Waals surface area contributed by atoms with E-state index in [9.17, 15) is 21.6 Å². The number of ether oxygens (including phenoxy) is 1. The zero-order chi connectivity index (χ0) is 24.6. The lowest BCUT2D eigenvalue weighted by molar-refractivity contribution is -0.153. The molecular formula is C24H24O8S2. The maximum absolute atomic E-state index is 12.7. The summed E-state index contributed by atoms with van der Waals surface area (Å²) in [4.78, 5) is 12.5. The molecule has 8 nitrogen and oxygen atoms in total. The fourth-order valence-electron chi connectivity index (χ4n) is 2.93. The molecule has 34 heavy (non-hydrogen) atoms. The lowest BCUT2D eigenvalue weighted by Crippen LogP contribution is -2.31. The maximum Gasteiger partial charge on any atom is 0.337 e. The van der Waals surface area contributed by atoms with Crippen LogP contribution >= 0.6 is 0 Å². The third kappa shape index (κ3) is 6.97. The minimum absolute atomic E-state index is 0.0634. The Kier molecular flexibility index (Phi) is 8.56. The fourth-order valence-corrected chi connectivity index (χ4v) is 4.96. The average molecular weight is 505 g/mol. The van der Waals surface area contributed by atoms with Gasteiger partial charge in [0.15, 0.2) is 6.10 Å². The van der Waals surface area contributed by atoms with Crippen LogP contribution in [0.1, 0.15) is 17.5 Å². The van der Waals surface area contributed by atoms with Crippen LogP contribution in [0.2, 0.25) is 0 Å². The lowest BCUT2D eigenvalue weighted by atomic mass is 10.1. The van der Waals surface area contributed by atoms with Crippen LogP contribution in [0.25, 0.3) is 0 Å². The van der Waals surface area contributed by atoms with Gasteiger partial charge in [0.25, 0.3) is 20.2 Å². The van der Waals surface area contributed by atoms with Crippen molar-refractivity contribution in [3.05, 3.63) is 96.1 Å². The van der Waals surface area contributed by atoms with Crippen LogP contribution in [0.15, 0.2) is 94.7 Å². The molecule has 0 amide bonds. The fraction of sp³-hybridized carbons (Fsp3) is 0.208. The Hall–Kier alpha value is -3.05. The first-order valence-corrected chi connectivity index (χ1v) is 13.1. The Morgan fingerprint density at radius 1 is 0.765 bits per heavy atom. The minimum Gasteiger partial charge on any atom is -0.459 e. The largest absolute Gasteiger partial charge is 0.459 e. The third-order valence-electron chi connectivity index (χ3n) is 4.82. The summed E-state index contributed by atoms with van der Waals surface area (Å²) >= 11 is 0. The molecule has 1 atom stereocenters. The molecule has 0 aliphatic rings. The molecule has 0 radical (unpaired) electrons. The lowest BCUT2D eigenvalue weighted by Gasteiger charge is -2.17. The van der Waals surface area contributed by atoms with Gasteiger partial charge in [-0.2, -0.15) is 16.8 Å². The van der Waals surface area contributed by atoms with E-state index < -0.39 is 38.9 Å². The molecule has 0 heterocycles. The van der Waals surface area contributed by atoms with Crippen molar-refractivity contribution in [2.75, 3.05) is 6.61 Å². The van der Waals surface area contributed by atoms with Crippen molar-refractivity contribution in [2.24, 2.45) is 0 Å². The molecule has 0 saturated carbocycles. The van der Waals surface area contributed by atoms with Gasteiger partial charge in [-0.1, -0.05) is 60.7 Å². The van der Waals surface area contributed by atoms with E-state index in [1.165, 1.54) is 48.5 Å². The zero-order valence-electron chi connectivity index (χ0n) is 18.4. The molecule has 0 saturated heterocycles. The summed E-state index contributed by atoms with van der Waals surface area (Å²) in [5, 5.41) is 0. The van der Waals surface area contributed by atoms with Crippen molar-refractivity contribution in [3.8, 4) is 0 Å². The Labute approximate surface area is 199 Å². The molecule has 3 rings (SSSR count). The van der Waals surface area contributed by atoms with E-state index in [2.05, 4.69) is 0 Å². The van der Waals surface area contributed by atoms with Crippen LogP contribution in [0, 0.1) is 6.92 Å². The summed E-state index contributed by atoms with van der Waals surface area (Å²) in [7, 11) is -8.42. The summed E-state index contributed by atoms with van der Waals surface area (Å²) in [5.41, 5.74) is 1.63. The van der Waals surface area contributed by atoms with Gasteiger partial charge >= 0.3 is 5.97 Å². The number of aryl methyl sites for hydroxylation is 1. The molecule has 1 unspecified atom stereocenters.